The summed E-state index contributed by atoms with van der Waals surface area (Å²) in [5, 5.41) is 7.78. The van der Waals surface area contributed by atoms with Crippen molar-refractivity contribution in [2.45, 2.75) is 13.8 Å². The Kier molecular flexibility index (Phi) is 8.16. The van der Waals surface area contributed by atoms with E-state index < -0.39 is 0 Å². The Morgan fingerprint density at radius 2 is 1.30 bits per heavy atom. The van der Waals surface area contributed by atoms with Crippen LogP contribution in [-0.4, -0.2) is 39.6 Å². The van der Waals surface area contributed by atoms with Crippen molar-refractivity contribution in [2.24, 2.45) is 5.92 Å². The molecule has 5 rings (SSSR count). The number of aromatic nitrogens is 2. The van der Waals surface area contributed by atoms with Crippen molar-refractivity contribution in [3.05, 3.63) is 127 Å². The van der Waals surface area contributed by atoms with Crippen LogP contribution in [0.4, 0.5) is 5.82 Å². The summed E-state index contributed by atoms with van der Waals surface area (Å²) >= 11 is 0. The molecule has 0 atom stereocenters. The number of para-hydroxylation sites is 1. The highest BCUT2D eigenvalue weighted by Crippen LogP contribution is 2.25. The molecule has 0 unspecified atom stereocenters. The van der Waals surface area contributed by atoms with Gasteiger partial charge in [0.2, 0.25) is 5.91 Å². The highest BCUT2D eigenvalue weighted by atomic mass is 16.2. The zero-order chi connectivity index (χ0) is 27.9. The summed E-state index contributed by atoms with van der Waals surface area (Å²) in [5.74, 6) is 0.274. The fourth-order valence-electron chi connectivity index (χ4n) is 4.62. The number of benzene rings is 4. The topological polar surface area (TPSA) is 67.2 Å². The summed E-state index contributed by atoms with van der Waals surface area (Å²) in [6.45, 7) is 4.46. The van der Waals surface area contributed by atoms with Crippen molar-refractivity contribution >= 4 is 17.6 Å². The molecule has 0 fully saturated rings. The molecule has 0 aliphatic rings. The van der Waals surface area contributed by atoms with Gasteiger partial charge in [-0.2, -0.15) is 5.10 Å². The normalized spacial score (nSPS) is 10.9. The molecule has 0 saturated heterocycles. The summed E-state index contributed by atoms with van der Waals surface area (Å²) in [6, 6.07) is 38.9. The van der Waals surface area contributed by atoms with Crippen LogP contribution in [0.1, 0.15) is 24.2 Å². The molecule has 0 saturated carbocycles. The fourth-order valence-corrected chi connectivity index (χ4v) is 4.62. The standard InChI is InChI=1S/C34H32N4O2/c1-25(2)23-37(34(40)29-20-18-27(19-21-29)26-12-6-3-7-13-26)24-33(39)35-32-22-31(28-14-8-4-9-15-28)36-38(32)30-16-10-5-11-17-30/h3-22,25H,23-24H2,1-2H3,(H,35,39). The molecule has 200 valence electrons. The number of nitrogens with zero attached hydrogens (tertiary/aromatic N) is 3. The summed E-state index contributed by atoms with van der Waals surface area (Å²) in [6.07, 6.45) is 0. The maximum Gasteiger partial charge on any atom is 0.254 e. The van der Waals surface area contributed by atoms with Crippen LogP contribution < -0.4 is 5.32 Å². The van der Waals surface area contributed by atoms with Gasteiger partial charge in [0.15, 0.2) is 0 Å². The van der Waals surface area contributed by atoms with Gasteiger partial charge in [0.1, 0.15) is 12.4 Å². The van der Waals surface area contributed by atoms with Crippen LogP contribution in [0.15, 0.2) is 121 Å². The zero-order valence-electron chi connectivity index (χ0n) is 22.7. The van der Waals surface area contributed by atoms with Crippen LogP contribution in [0, 0.1) is 5.92 Å². The van der Waals surface area contributed by atoms with E-state index in [2.05, 4.69) is 5.32 Å². The Labute approximate surface area is 234 Å². The Balaban J connectivity index is 1.36. The number of rotatable bonds is 9. The van der Waals surface area contributed by atoms with Gasteiger partial charge in [-0.05, 0) is 41.3 Å². The van der Waals surface area contributed by atoms with E-state index in [0.717, 1.165) is 28.1 Å². The minimum atomic E-state index is -0.286. The SMILES string of the molecule is CC(C)CN(CC(=O)Nc1cc(-c2ccccc2)nn1-c1ccccc1)C(=O)c1ccc(-c2ccccc2)cc1. The summed E-state index contributed by atoms with van der Waals surface area (Å²) in [7, 11) is 0. The van der Waals surface area contributed by atoms with E-state index in [9.17, 15) is 9.59 Å². The summed E-state index contributed by atoms with van der Waals surface area (Å²) in [4.78, 5) is 28.5. The van der Waals surface area contributed by atoms with Gasteiger partial charge in [-0.25, -0.2) is 4.68 Å². The molecular weight excluding hydrogens is 496 g/mol. The van der Waals surface area contributed by atoms with Crippen LogP contribution >= 0.6 is 0 Å². The molecule has 0 aliphatic carbocycles. The lowest BCUT2D eigenvalue weighted by Gasteiger charge is -2.24. The van der Waals surface area contributed by atoms with Crippen molar-refractivity contribution in [1.82, 2.24) is 14.7 Å². The van der Waals surface area contributed by atoms with Gasteiger partial charge in [-0.3, -0.25) is 9.59 Å². The van der Waals surface area contributed by atoms with Crippen LogP contribution in [0.25, 0.3) is 28.1 Å². The number of hydrogen-bond donors (Lipinski definition) is 1. The molecular formula is C34H32N4O2. The molecule has 6 nitrogen and oxygen atoms in total. The number of nitrogens with one attached hydrogen (secondary N) is 1. The minimum Gasteiger partial charge on any atom is -0.329 e. The molecule has 1 aromatic heterocycles. The fraction of sp³-hybridized carbons (Fsp3) is 0.147. The Morgan fingerprint density at radius 1 is 0.750 bits per heavy atom. The Hall–Kier alpha value is -4.97. The zero-order valence-corrected chi connectivity index (χ0v) is 22.7. The highest BCUT2D eigenvalue weighted by Gasteiger charge is 2.22. The molecule has 1 N–H and O–H groups in total. The largest absolute Gasteiger partial charge is 0.329 e. The third kappa shape index (κ3) is 6.35. The van der Waals surface area contributed by atoms with Gasteiger partial charge in [-0.15, -0.1) is 0 Å². The molecule has 0 radical (unpaired) electrons. The third-order valence-electron chi connectivity index (χ3n) is 6.49. The number of anilines is 1. The van der Waals surface area contributed by atoms with Crippen LogP contribution in [0.3, 0.4) is 0 Å². The molecule has 0 spiro atoms. The lowest BCUT2D eigenvalue weighted by Crippen LogP contribution is -2.40. The lowest BCUT2D eigenvalue weighted by molar-refractivity contribution is -0.117. The van der Waals surface area contributed by atoms with Crippen LogP contribution in [-0.2, 0) is 4.79 Å². The quantitative estimate of drug-likeness (QED) is 0.225. The van der Waals surface area contributed by atoms with Gasteiger partial charge in [0.05, 0.1) is 11.4 Å². The van der Waals surface area contributed by atoms with Crippen molar-refractivity contribution < 1.29 is 9.59 Å². The van der Waals surface area contributed by atoms with Crippen molar-refractivity contribution in [2.75, 3.05) is 18.4 Å². The average Bonchev–Trinajstić information content (AvgIpc) is 3.41. The predicted molar refractivity (Wildman–Crippen MR) is 160 cm³/mol. The molecule has 40 heavy (non-hydrogen) atoms. The second-order valence-corrected chi connectivity index (χ2v) is 10.1. The lowest BCUT2D eigenvalue weighted by atomic mass is 10.0. The summed E-state index contributed by atoms with van der Waals surface area (Å²) < 4.78 is 1.72. The van der Waals surface area contributed by atoms with Crippen molar-refractivity contribution in [3.63, 3.8) is 0 Å². The average molecular weight is 529 g/mol. The second kappa shape index (κ2) is 12.3. The summed E-state index contributed by atoms with van der Waals surface area (Å²) in [5.41, 5.74) is 5.19. The first kappa shape index (κ1) is 26.6. The maximum absolute atomic E-state index is 13.5. The third-order valence-corrected chi connectivity index (χ3v) is 6.49. The van der Waals surface area contributed by atoms with Crippen LogP contribution in [0.2, 0.25) is 0 Å². The van der Waals surface area contributed by atoms with E-state index in [-0.39, 0.29) is 24.3 Å². The first-order valence-corrected chi connectivity index (χ1v) is 13.4. The number of carbonyl (C=O) groups is 2. The number of carbonyl (C=O) groups excluding carboxylic acids is 2. The first-order chi connectivity index (χ1) is 19.5. The predicted octanol–water partition coefficient (Wildman–Crippen LogP) is 6.94. The molecule has 1 heterocycles. The molecule has 0 aliphatic heterocycles. The van der Waals surface area contributed by atoms with Crippen LogP contribution in [0.5, 0.6) is 0 Å². The molecule has 5 aromatic rings. The Bertz CT molecular complexity index is 1560. The Morgan fingerprint density at radius 3 is 1.90 bits per heavy atom. The van der Waals surface area contributed by atoms with Gasteiger partial charge >= 0.3 is 0 Å². The molecule has 4 aromatic carbocycles. The van der Waals surface area contributed by atoms with E-state index in [1.54, 1.807) is 9.58 Å². The van der Waals surface area contributed by atoms with E-state index in [1.165, 1.54) is 0 Å². The second-order valence-electron chi connectivity index (χ2n) is 10.1. The van der Waals surface area contributed by atoms with E-state index in [4.69, 9.17) is 5.10 Å². The van der Waals surface area contributed by atoms with Gasteiger partial charge < -0.3 is 10.2 Å². The van der Waals surface area contributed by atoms with E-state index in [0.29, 0.717) is 17.9 Å². The highest BCUT2D eigenvalue weighted by molar-refractivity contribution is 5.99. The monoisotopic (exact) mass is 528 g/mol. The van der Waals surface area contributed by atoms with Crippen molar-refractivity contribution in [3.8, 4) is 28.1 Å². The minimum absolute atomic E-state index is 0.0713. The number of hydrogen-bond acceptors (Lipinski definition) is 3. The van der Waals surface area contributed by atoms with Gasteiger partial charge in [-0.1, -0.05) is 105 Å². The molecule has 2 amide bonds. The van der Waals surface area contributed by atoms with E-state index >= 15 is 0 Å². The maximum atomic E-state index is 13.5. The van der Waals surface area contributed by atoms with Gasteiger partial charge in [0, 0.05) is 23.7 Å². The first-order valence-electron chi connectivity index (χ1n) is 13.4. The van der Waals surface area contributed by atoms with Gasteiger partial charge in [0.25, 0.3) is 5.91 Å². The smallest absolute Gasteiger partial charge is 0.254 e. The van der Waals surface area contributed by atoms with Crippen molar-refractivity contribution in [1.29, 1.82) is 0 Å². The van der Waals surface area contributed by atoms with E-state index in [1.807, 2.05) is 135 Å². The number of amides is 2. The molecule has 6 heteroatoms. The molecule has 0 bridgehead atoms.